The molecule has 2 saturated heterocycles. The maximum Gasteiger partial charge on any atom is 0.409 e. The van der Waals surface area contributed by atoms with Gasteiger partial charge in [0.25, 0.3) is 0 Å². The van der Waals surface area contributed by atoms with Crippen LogP contribution in [0, 0.1) is 71.0 Å². The number of piperidine rings is 2. The van der Waals surface area contributed by atoms with E-state index in [9.17, 15) is 19.2 Å². The molecule has 2 saturated carbocycles. The van der Waals surface area contributed by atoms with Crippen LogP contribution >= 0.6 is 0 Å². The Balaban J connectivity index is 0.746. The Bertz CT molecular complexity index is 1160. The molecule has 2 amide bonds. The van der Waals surface area contributed by atoms with Crippen molar-refractivity contribution in [1.82, 2.24) is 9.80 Å². The van der Waals surface area contributed by atoms with Gasteiger partial charge in [0.05, 0.1) is 38.3 Å². The van der Waals surface area contributed by atoms with Gasteiger partial charge in [-0.2, -0.15) is 0 Å². The minimum absolute atomic E-state index is 0.120. The third kappa shape index (κ3) is 9.84. The van der Waals surface area contributed by atoms with Gasteiger partial charge in [-0.05, 0) is 86.9 Å². The van der Waals surface area contributed by atoms with Crippen LogP contribution in [0.2, 0.25) is 0 Å². The molecule has 6 rings (SSSR count). The van der Waals surface area contributed by atoms with Crippen molar-refractivity contribution in [2.24, 2.45) is 47.3 Å². The van der Waals surface area contributed by atoms with Crippen molar-refractivity contribution < 1.29 is 42.9 Å². The van der Waals surface area contributed by atoms with Crippen LogP contribution < -0.4 is 0 Å². The van der Waals surface area contributed by atoms with Gasteiger partial charge < -0.3 is 33.5 Å². The van der Waals surface area contributed by atoms with Gasteiger partial charge in [0.15, 0.2) is 0 Å². The predicted molar refractivity (Wildman–Crippen MR) is 177 cm³/mol. The molecule has 0 aromatic heterocycles. The lowest BCUT2D eigenvalue weighted by atomic mass is 9.97. The molecule has 4 fully saturated rings. The third-order valence-corrected chi connectivity index (χ3v) is 11.6. The average molecular weight is 681 g/mol. The van der Waals surface area contributed by atoms with Crippen LogP contribution in [0.3, 0.4) is 0 Å². The average Bonchev–Trinajstić information content (AvgIpc) is 3.97. The molecule has 0 unspecified atom stereocenters. The molecule has 11 heteroatoms. The summed E-state index contributed by atoms with van der Waals surface area (Å²) in [6, 6.07) is 0. The van der Waals surface area contributed by atoms with Crippen molar-refractivity contribution in [2.75, 3.05) is 65.8 Å². The number of esters is 2. The van der Waals surface area contributed by atoms with Gasteiger partial charge in [0.1, 0.15) is 13.2 Å². The molecule has 268 valence electrons. The number of nitrogens with zero attached hydrogens (tertiary/aromatic N) is 2. The normalized spacial score (nSPS) is 29.4. The van der Waals surface area contributed by atoms with Crippen molar-refractivity contribution in [3.05, 3.63) is 0 Å². The smallest absolute Gasteiger partial charge is 0.409 e. The van der Waals surface area contributed by atoms with Crippen LogP contribution in [-0.4, -0.2) is 99.7 Å². The highest BCUT2D eigenvalue weighted by atomic mass is 16.6. The number of fused-ring (bicyclic) bond motifs is 2. The van der Waals surface area contributed by atoms with Crippen molar-refractivity contribution in [3.8, 4) is 23.7 Å². The van der Waals surface area contributed by atoms with Gasteiger partial charge in [-0.25, -0.2) is 9.59 Å². The van der Waals surface area contributed by atoms with Gasteiger partial charge in [-0.15, -0.1) is 23.7 Å². The number of ether oxygens (including phenoxy) is 5. The SMILES string of the molecule is O=C(OCCOCCOC(=O)C1CCN(C(=O)OC[C@@H]2[C@@H]3CCC#CCC[C@@H]32)CC1)C1CCN(C(=O)OC[C@@H]2[C@@H]3CCC#CCC[C@@H]32)CC1. The third-order valence-electron chi connectivity index (χ3n) is 11.6. The highest BCUT2D eigenvalue weighted by molar-refractivity contribution is 5.74. The number of amides is 2. The largest absolute Gasteiger partial charge is 0.463 e. The lowest BCUT2D eigenvalue weighted by molar-refractivity contribution is -0.153. The first kappa shape index (κ1) is 35.4. The first-order chi connectivity index (χ1) is 24.0. The molecular formula is C38H52N2O9. The van der Waals surface area contributed by atoms with Gasteiger partial charge in [0, 0.05) is 51.9 Å². The Morgan fingerprint density at radius 1 is 0.469 bits per heavy atom. The van der Waals surface area contributed by atoms with E-state index < -0.39 is 0 Å². The summed E-state index contributed by atoms with van der Waals surface area (Å²) in [7, 11) is 0. The maximum absolute atomic E-state index is 12.6. The number of carbonyl (C=O) groups is 4. The van der Waals surface area contributed by atoms with E-state index in [1.807, 2.05) is 0 Å². The lowest BCUT2D eigenvalue weighted by Gasteiger charge is -2.30. The molecule has 0 spiro atoms. The first-order valence-corrected chi connectivity index (χ1v) is 18.7. The minimum atomic E-state index is -0.287. The molecule has 0 bridgehead atoms. The fraction of sp³-hybridized carbons (Fsp3) is 0.789. The van der Waals surface area contributed by atoms with Crippen LogP contribution in [0.25, 0.3) is 0 Å². The molecule has 6 aliphatic rings. The maximum atomic E-state index is 12.6. The van der Waals surface area contributed by atoms with Crippen molar-refractivity contribution in [3.63, 3.8) is 0 Å². The minimum Gasteiger partial charge on any atom is -0.463 e. The van der Waals surface area contributed by atoms with E-state index in [1.54, 1.807) is 9.80 Å². The van der Waals surface area contributed by atoms with E-state index in [0.29, 0.717) is 101 Å². The van der Waals surface area contributed by atoms with Crippen molar-refractivity contribution >= 4 is 24.1 Å². The number of rotatable bonds is 12. The van der Waals surface area contributed by atoms with Crippen molar-refractivity contribution in [1.29, 1.82) is 0 Å². The van der Waals surface area contributed by atoms with Crippen LogP contribution in [0.4, 0.5) is 9.59 Å². The van der Waals surface area contributed by atoms with E-state index in [0.717, 1.165) is 51.4 Å². The van der Waals surface area contributed by atoms with Crippen LogP contribution in [0.5, 0.6) is 0 Å². The zero-order valence-corrected chi connectivity index (χ0v) is 28.7. The Labute approximate surface area is 290 Å². The predicted octanol–water partition coefficient (Wildman–Crippen LogP) is 4.67. The molecule has 6 atom stereocenters. The quantitative estimate of drug-likeness (QED) is 0.125. The van der Waals surface area contributed by atoms with E-state index in [-0.39, 0.29) is 62.4 Å². The summed E-state index contributed by atoms with van der Waals surface area (Å²) in [5.74, 6) is 15.3. The van der Waals surface area contributed by atoms with E-state index in [2.05, 4.69) is 23.7 Å². The molecule has 49 heavy (non-hydrogen) atoms. The lowest BCUT2D eigenvalue weighted by Crippen LogP contribution is -2.41. The molecular weight excluding hydrogens is 628 g/mol. The molecule has 2 heterocycles. The van der Waals surface area contributed by atoms with E-state index in [4.69, 9.17) is 23.7 Å². The van der Waals surface area contributed by atoms with Gasteiger partial charge in [0.2, 0.25) is 0 Å². The van der Waals surface area contributed by atoms with Gasteiger partial charge in [-0.1, -0.05) is 0 Å². The topological polar surface area (TPSA) is 121 Å². The van der Waals surface area contributed by atoms with E-state index >= 15 is 0 Å². The number of likely N-dealkylation sites (tertiary alicyclic amines) is 2. The Morgan fingerprint density at radius 2 is 0.816 bits per heavy atom. The van der Waals surface area contributed by atoms with E-state index in [1.165, 1.54) is 0 Å². The zero-order chi connectivity index (χ0) is 34.0. The summed E-state index contributed by atoms with van der Waals surface area (Å²) in [5, 5.41) is 0. The standard InChI is InChI=1S/C38H52N2O9/c41-35(27-13-17-39(18-14-27)37(43)48-25-33-29-9-5-1-2-6-10-30(29)33)46-23-21-45-22-24-47-36(42)28-15-19-40(20-16-28)38(44)49-26-34-31-11-7-3-4-8-12-32(31)34/h27-34H,5-26H2/t29-,30+,31-,32+,33-,34-. The Hall–Kier alpha value is -3.44. The summed E-state index contributed by atoms with van der Waals surface area (Å²) >= 11 is 0. The zero-order valence-electron chi connectivity index (χ0n) is 28.7. The molecule has 4 aliphatic carbocycles. The summed E-state index contributed by atoms with van der Waals surface area (Å²) in [5.41, 5.74) is 0. The Morgan fingerprint density at radius 3 is 1.16 bits per heavy atom. The Kier molecular flexibility index (Phi) is 12.6. The van der Waals surface area contributed by atoms with Gasteiger partial charge >= 0.3 is 24.1 Å². The second kappa shape index (κ2) is 17.5. The first-order valence-electron chi connectivity index (χ1n) is 18.7. The monoisotopic (exact) mass is 680 g/mol. The van der Waals surface area contributed by atoms with Crippen LogP contribution in [0.15, 0.2) is 0 Å². The summed E-state index contributed by atoms with van der Waals surface area (Å²) in [4.78, 5) is 53.7. The van der Waals surface area contributed by atoms with Crippen molar-refractivity contribution in [2.45, 2.75) is 77.0 Å². The molecule has 11 nitrogen and oxygen atoms in total. The number of hydrogen-bond donors (Lipinski definition) is 0. The highest BCUT2D eigenvalue weighted by Gasteiger charge is 2.50. The molecule has 0 radical (unpaired) electrons. The molecule has 0 aromatic rings. The highest BCUT2D eigenvalue weighted by Crippen LogP contribution is 2.53. The van der Waals surface area contributed by atoms with Gasteiger partial charge in [-0.3, -0.25) is 9.59 Å². The second-order valence-corrected chi connectivity index (χ2v) is 14.5. The summed E-state index contributed by atoms with van der Waals surface area (Å²) < 4.78 is 27.6. The van der Waals surface area contributed by atoms with Crippen LogP contribution in [0.1, 0.15) is 77.0 Å². The molecule has 0 aromatic carbocycles. The summed E-state index contributed by atoms with van der Waals surface area (Å²) in [6.07, 6.45) is 9.80. The molecule has 2 aliphatic heterocycles. The fourth-order valence-electron chi connectivity index (χ4n) is 8.42. The molecule has 0 N–H and O–H groups in total. The number of carbonyl (C=O) groups excluding carboxylic acids is 4. The number of hydrogen-bond acceptors (Lipinski definition) is 9. The van der Waals surface area contributed by atoms with Crippen LogP contribution in [-0.2, 0) is 33.3 Å². The fourth-order valence-corrected chi connectivity index (χ4v) is 8.42. The second-order valence-electron chi connectivity index (χ2n) is 14.5. The summed E-state index contributed by atoms with van der Waals surface area (Å²) in [6.45, 7) is 3.53.